The van der Waals surface area contributed by atoms with Crippen LogP contribution in [0.4, 0.5) is 10.1 Å². The third kappa shape index (κ3) is 1.66. The van der Waals surface area contributed by atoms with Crippen LogP contribution < -0.4 is 4.90 Å². The van der Waals surface area contributed by atoms with Gasteiger partial charge in [-0.25, -0.2) is 9.18 Å². The molecule has 6 heteroatoms. The average Bonchev–Trinajstić information content (AvgIpc) is 2.28. The van der Waals surface area contributed by atoms with Crippen LogP contribution in [0.5, 0.6) is 0 Å². The number of hydrogen-bond acceptors (Lipinski definition) is 3. The Hall–Kier alpha value is -1.95. The number of halogens is 1. The molecule has 0 aromatic heterocycles. The quantitative estimate of drug-likeness (QED) is 0.786. The maximum atomic E-state index is 13.5. The zero-order chi connectivity index (χ0) is 12.6. The highest BCUT2D eigenvalue weighted by molar-refractivity contribution is 6.12. The van der Waals surface area contributed by atoms with Gasteiger partial charge in [-0.2, -0.15) is 0 Å². The molecule has 5 nitrogen and oxygen atoms in total. The number of para-hydroxylation sites is 1. The summed E-state index contributed by atoms with van der Waals surface area (Å²) in [6.07, 6.45) is -1.05. The summed E-state index contributed by atoms with van der Waals surface area (Å²) in [7, 11) is 1.25. The lowest BCUT2D eigenvalue weighted by molar-refractivity contribution is -0.156. The van der Waals surface area contributed by atoms with Crippen LogP contribution in [0.3, 0.4) is 0 Å². The molecule has 1 saturated heterocycles. The van der Waals surface area contributed by atoms with E-state index in [1.165, 1.54) is 31.4 Å². The van der Waals surface area contributed by atoms with E-state index in [2.05, 4.69) is 0 Å². The number of methoxy groups -OCH3 is 1. The molecule has 0 bridgehead atoms. The highest BCUT2D eigenvalue weighted by Crippen LogP contribution is 2.31. The molecule has 1 heterocycles. The van der Waals surface area contributed by atoms with Crippen LogP contribution in [0.15, 0.2) is 24.3 Å². The number of carboxylic acid groups (broad SMARTS) is 1. The van der Waals surface area contributed by atoms with Crippen molar-refractivity contribution in [3.8, 4) is 0 Å². The number of carbonyl (C=O) groups excluding carboxylic acids is 1. The zero-order valence-corrected chi connectivity index (χ0v) is 8.96. The highest BCUT2D eigenvalue weighted by atomic mass is 19.1. The Bertz CT molecular complexity index is 476. The lowest BCUT2D eigenvalue weighted by Gasteiger charge is -2.43. The Balaban J connectivity index is 2.36. The normalized spacial score (nSPS) is 23.4. The monoisotopic (exact) mass is 239 g/mol. The van der Waals surface area contributed by atoms with Gasteiger partial charge in [0.25, 0.3) is 5.91 Å². The Morgan fingerprint density at radius 1 is 1.47 bits per heavy atom. The summed E-state index contributed by atoms with van der Waals surface area (Å²) in [4.78, 5) is 23.5. The minimum atomic E-state index is -1.22. The Morgan fingerprint density at radius 2 is 2.12 bits per heavy atom. The van der Waals surface area contributed by atoms with Crippen molar-refractivity contribution in [3.63, 3.8) is 0 Å². The van der Waals surface area contributed by atoms with Crippen LogP contribution in [-0.4, -0.2) is 36.2 Å². The minimum absolute atomic E-state index is 0.0433. The summed E-state index contributed by atoms with van der Waals surface area (Å²) in [6, 6.07) is 4.35. The van der Waals surface area contributed by atoms with E-state index >= 15 is 0 Å². The largest absolute Gasteiger partial charge is 0.480 e. The number of aliphatic carboxylic acids is 1. The van der Waals surface area contributed by atoms with E-state index in [-0.39, 0.29) is 5.69 Å². The van der Waals surface area contributed by atoms with Crippen molar-refractivity contribution in [1.82, 2.24) is 0 Å². The Kier molecular flexibility index (Phi) is 2.81. The number of ether oxygens (including phenoxy) is 1. The molecule has 1 fully saturated rings. The van der Waals surface area contributed by atoms with Gasteiger partial charge < -0.3 is 9.84 Å². The molecule has 0 unspecified atom stereocenters. The predicted molar refractivity (Wildman–Crippen MR) is 56.1 cm³/mol. The number of carboxylic acids is 1. The number of rotatable bonds is 3. The molecule has 1 aromatic rings. The fourth-order valence-corrected chi connectivity index (χ4v) is 1.85. The second-order valence-electron chi connectivity index (χ2n) is 3.60. The first-order valence-electron chi connectivity index (χ1n) is 4.91. The molecule has 1 aliphatic rings. The molecule has 1 N–H and O–H groups in total. The summed E-state index contributed by atoms with van der Waals surface area (Å²) < 4.78 is 18.2. The van der Waals surface area contributed by atoms with Crippen LogP contribution >= 0.6 is 0 Å². The number of nitrogens with zero attached hydrogens (tertiary/aromatic N) is 1. The predicted octanol–water partition coefficient (Wildman–Crippen LogP) is 0.641. The highest BCUT2D eigenvalue weighted by Gasteiger charge is 2.53. The second-order valence-corrected chi connectivity index (χ2v) is 3.60. The molecule has 0 aliphatic carbocycles. The lowest BCUT2D eigenvalue weighted by Crippen LogP contribution is -2.69. The number of β-lactam (4-membered cyclic amide) rings is 1. The molecule has 2 atom stereocenters. The second kappa shape index (κ2) is 4.14. The Labute approximate surface area is 96.4 Å². The maximum Gasteiger partial charge on any atom is 0.330 e. The van der Waals surface area contributed by atoms with E-state index < -0.39 is 29.8 Å². The first kappa shape index (κ1) is 11.5. The van der Waals surface area contributed by atoms with Crippen LogP contribution in [0, 0.1) is 5.82 Å². The van der Waals surface area contributed by atoms with Crippen molar-refractivity contribution in [3.05, 3.63) is 30.1 Å². The number of benzene rings is 1. The van der Waals surface area contributed by atoms with Gasteiger partial charge in [0.05, 0.1) is 5.69 Å². The van der Waals surface area contributed by atoms with E-state index in [9.17, 15) is 14.0 Å². The minimum Gasteiger partial charge on any atom is -0.480 e. The third-order valence-corrected chi connectivity index (χ3v) is 2.66. The average molecular weight is 239 g/mol. The van der Waals surface area contributed by atoms with Crippen molar-refractivity contribution in [2.24, 2.45) is 0 Å². The molecule has 0 spiro atoms. The van der Waals surface area contributed by atoms with Crippen molar-refractivity contribution in [1.29, 1.82) is 0 Å². The molecule has 17 heavy (non-hydrogen) atoms. The molecule has 1 amide bonds. The standard InChI is InChI=1S/C11H10FNO4/c1-17-9-8(11(15)16)13(10(9)14)7-5-3-2-4-6(7)12/h2-5,8-9H,1H3,(H,15,16)/t8-,9-/m1/s1. The van der Waals surface area contributed by atoms with Gasteiger partial charge in [0, 0.05) is 7.11 Å². The third-order valence-electron chi connectivity index (χ3n) is 2.66. The van der Waals surface area contributed by atoms with Gasteiger partial charge in [-0.15, -0.1) is 0 Å². The van der Waals surface area contributed by atoms with Crippen molar-refractivity contribution in [2.45, 2.75) is 12.1 Å². The summed E-state index contributed by atoms with van der Waals surface area (Å²) >= 11 is 0. The molecule has 90 valence electrons. The molecule has 1 aliphatic heterocycles. The molecular formula is C11H10FNO4. The first-order valence-corrected chi connectivity index (χ1v) is 4.91. The summed E-state index contributed by atoms with van der Waals surface area (Å²) in [6.45, 7) is 0. The molecule has 0 radical (unpaired) electrons. The van der Waals surface area contributed by atoms with Gasteiger partial charge in [-0.1, -0.05) is 12.1 Å². The van der Waals surface area contributed by atoms with E-state index in [0.717, 1.165) is 4.90 Å². The van der Waals surface area contributed by atoms with E-state index in [4.69, 9.17) is 9.84 Å². The fourth-order valence-electron chi connectivity index (χ4n) is 1.85. The van der Waals surface area contributed by atoms with Crippen molar-refractivity contribution >= 4 is 17.6 Å². The fraction of sp³-hybridized carbons (Fsp3) is 0.273. The number of amides is 1. The molecule has 2 rings (SSSR count). The number of anilines is 1. The van der Waals surface area contributed by atoms with Gasteiger partial charge in [0.15, 0.2) is 12.1 Å². The molecule has 1 aromatic carbocycles. The van der Waals surface area contributed by atoms with E-state index in [1.807, 2.05) is 0 Å². The van der Waals surface area contributed by atoms with Gasteiger partial charge >= 0.3 is 5.97 Å². The van der Waals surface area contributed by atoms with Crippen molar-refractivity contribution < 1.29 is 23.8 Å². The van der Waals surface area contributed by atoms with E-state index in [0.29, 0.717) is 0 Å². The number of carbonyl (C=O) groups is 2. The van der Waals surface area contributed by atoms with Crippen LogP contribution in [0.2, 0.25) is 0 Å². The lowest BCUT2D eigenvalue weighted by atomic mass is 9.96. The Morgan fingerprint density at radius 3 is 2.65 bits per heavy atom. The van der Waals surface area contributed by atoms with Crippen LogP contribution in [-0.2, 0) is 14.3 Å². The molecular weight excluding hydrogens is 229 g/mol. The van der Waals surface area contributed by atoms with E-state index in [1.54, 1.807) is 0 Å². The van der Waals surface area contributed by atoms with Gasteiger partial charge in [-0.05, 0) is 12.1 Å². The first-order chi connectivity index (χ1) is 8.07. The summed E-state index contributed by atoms with van der Waals surface area (Å²) in [5, 5.41) is 8.98. The van der Waals surface area contributed by atoms with Gasteiger partial charge in [0.1, 0.15) is 5.82 Å². The molecule has 0 saturated carbocycles. The van der Waals surface area contributed by atoms with Crippen LogP contribution in [0.1, 0.15) is 0 Å². The maximum absolute atomic E-state index is 13.5. The van der Waals surface area contributed by atoms with Gasteiger partial charge in [0.2, 0.25) is 0 Å². The number of hydrogen-bond donors (Lipinski definition) is 1. The smallest absolute Gasteiger partial charge is 0.330 e. The zero-order valence-electron chi connectivity index (χ0n) is 8.96. The SMILES string of the molecule is CO[C@H]1C(=O)N(c2ccccc2F)[C@H]1C(=O)O. The van der Waals surface area contributed by atoms with Crippen molar-refractivity contribution in [2.75, 3.05) is 12.0 Å². The summed E-state index contributed by atoms with van der Waals surface area (Å²) in [5.74, 6) is -2.41. The summed E-state index contributed by atoms with van der Waals surface area (Å²) in [5.41, 5.74) is -0.0433. The van der Waals surface area contributed by atoms with Gasteiger partial charge in [-0.3, -0.25) is 9.69 Å². The topological polar surface area (TPSA) is 66.8 Å². The van der Waals surface area contributed by atoms with Crippen LogP contribution in [0.25, 0.3) is 0 Å².